The van der Waals surface area contributed by atoms with Gasteiger partial charge in [-0.1, -0.05) is 24.3 Å². The van der Waals surface area contributed by atoms with Gasteiger partial charge in [0.05, 0.1) is 12.2 Å². The number of aryl methyl sites for hydroxylation is 3. The quantitative estimate of drug-likeness (QED) is 0.947. The third kappa shape index (κ3) is 2.97. The van der Waals surface area contributed by atoms with Crippen molar-refractivity contribution in [1.82, 2.24) is 10.3 Å². The van der Waals surface area contributed by atoms with Crippen LogP contribution in [0.25, 0.3) is 0 Å². The number of benzene rings is 1. The molecule has 4 nitrogen and oxygen atoms in total. The second-order valence-corrected chi connectivity index (χ2v) is 6.38. The molecule has 0 bridgehead atoms. The van der Waals surface area contributed by atoms with Gasteiger partial charge in [0, 0.05) is 0 Å². The van der Waals surface area contributed by atoms with Crippen LogP contribution in [0.15, 0.2) is 28.7 Å². The van der Waals surface area contributed by atoms with Gasteiger partial charge in [-0.3, -0.25) is 4.79 Å². The van der Waals surface area contributed by atoms with Gasteiger partial charge in [-0.2, -0.15) is 0 Å². The number of carbonyl (C=O) groups excluding carboxylic acids is 1. The average molecular weight is 302 g/mol. The monoisotopic (exact) mass is 302 g/mol. The fraction of sp³-hybridized carbons (Fsp3) is 0.375. The van der Waals surface area contributed by atoms with Crippen LogP contribution >= 0.6 is 11.8 Å². The van der Waals surface area contributed by atoms with E-state index in [0.29, 0.717) is 12.4 Å². The molecule has 0 saturated carbocycles. The molecule has 0 aliphatic carbocycles. The topological polar surface area (TPSA) is 55.1 Å². The van der Waals surface area contributed by atoms with E-state index in [4.69, 9.17) is 4.42 Å². The molecule has 21 heavy (non-hydrogen) atoms. The van der Waals surface area contributed by atoms with Crippen LogP contribution in [0.4, 0.5) is 0 Å². The first-order valence-electron chi connectivity index (χ1n) is 7.05. The van der Waals surface area contributed by atoms with Gasteiger partial charge in [-0.25, -0.2) is 4.98 Å². The first-order chi connectivity index (χ1) is 10.1. The van der Waals surface area contributed by atoms with Gasteiger partial charge in [0.2, 0.25) is 11.8 Å². The number of hydrogen-bond donors (Lipinski definition) is 1. The van der Waals surface area contributed by atoms with Crippen LogP contribution in [0.5, 0.6) is 0 Å². The average Bonchev–Trinajstić information content (AvgIpc) is 2.83. The van der Waals surface area contributed by atoms with Crippen molar-refractivity contribution in [3.8, 4) is 0 Å². The minimum atomic E-state index is -0.132. The lowest BCUT2D eigenvalue weighted by Gasteiger charge is -2.23. The molecule has 1 aromatic heterocycles. The van der Waals surface area contributed by atoms with Crippen molar-refractivity contribution in [1.29, 1.82) is 0 Å². The third-order valence-electron chi connectivity index (χ3n) is 3.72. The highest BCUT2D eigenvalue weighted by Gasteiger charge is 2.26. The van der Waals surface area contributed by atoms with Crippen molar-refractivity contribution >= 4 is 17.7 Å². The second kappa shape index (κ2) is 5.93. The number of amides is 1. The Morgan fingerprint density at radius 2 is 2.24 bits per heavy atom. The summed E-state index contributed by atoms with van der Waals surface area (Å²) in [6, 6.07) is 8.18. The van der Waals surface area contributed by atoms with Crippen LogP contribution in [0.3, 0.4) is 0 Å². The number of nitrogens with one attached hydrogen (secondary N) is 1. The van der Waals surface area contributed by atoms with E-state index < -0.39 is 0 Å². The van der Waals surface area contributed by atoms with Crippen molar-refractivity contribution in [2.24, 2.45) is 0 Å². The molecule has 0 fully saturated rings. The summed E-state index contributed by atoms with van der Waals surface area (Å²) in [5, 5.41) is 2.80. The van der Waals surface area contributed by atoms with Gasteiger partial charge in [-0.05, 0) is 37.1 Å². The van der Waals surface area contributed by atoms with E-state index in [1.807, 2.05) is 32.0 Å². The number of aromatic nitrogens is 1. The van der Waals surface area contributed by atoms with E-state index in [-0.39, 0.29) is 11.2 Å². The number of rotatable bonds is 3. The molecule has 0 unspecified atom stereocenters. The van der Waals surface area contributed by atoms with Crippen LogP contribution in [0.1, 0.15) is 33.7 Å². The van der Waals surface area contributed by atoms with E-state index in [0.717, 1.165) is 29.2 Å². The minimum absolute atomic E-state index is 0.0284. The fourth-order valence-corrected chi connectivity index (χ4v) is 3.70. The largest absolute Gasteiger partial charge is 0.444 e. The summed E-state index contributed by atoms with van der Waals surface area (Å²) in [7, 11) is 0. The molecular weight excluding hydrogens is 284 g/mol. The Hall–Kier alpha value is -1.75. The van der Waals surface area contributed by atoms with Crippen molar-refractivity contribution in [3.05, 3.63) is 52.7 Å². The first-order valence-corrected chi connectivity index (χ1v) is 8.10. The summed E-state index contributed by atoms with van der Waals surface area (Å²) in [6.45, 7) is 4.12. The standard InChI is InChI=1S/C16H18N2O2S/c1-10-11(2)20-14(18-10)9-17-16(19)15-13-6-4-3-5-12(13)7-8-21-15/h3-6,15H,7-9H2,1-2H3,(H,17,19)/t15-/m0/s1. The molecule has 0 saturated heterocycles. The van der Waals surface area contributed by atoms with Crippen LogP contribution in [-0.4, -0.2) is 16.6 Å². The predicted octanol–water partition coefficient (Wildman–Crippen LogP) is 2.94. The number of oxazole rings is 1. The molecule has 1 aliphatic rings. The van der Waals surface area contributed by atoms with E-state index in [1.54, 1.807) is 11.8 Å². The van der Waals surface area contributed by atoms with Gasteiger partial charge in [-0.15, -0.1) is 11.8 Å². The highest BCUT2D eigenvalue weighted by molar-refractivity contribution is 8.00. The molecule has 2 aromatic rings. The Balaban J connectivity index is 1.69. The summed E-state index contributed by atoms with van der Waals surface area (Å²) in [6.07, 6.45) is 1.03. The lowest BCUT2D eigenvalue weighted by Crippen LogP contribution is -2.29. The number of thioether (sulfide) groups is 1. The molecule has 110 valence electrons. The maximum atomic E-state index is 12.4. The lowest BCUT2D eigenvalue weighted by atomic mass is 10.0. The Kier molecular flexibility index (Phi) is 4.01. The molecule has 3 rings (SSSR count). The van der Waals surface area contributed by atoms with Crippen LogP contribution in [-0.2, 0) is 17.8 Å². The normalized spacial score (nSPS) is 17.3. The predicted molar refractivity (Wildman–Crippen MR) is 83.2 cm³/mol. The van der Waals surface area contributed by atoms with Crippen molar-refractivity contribution < 1.29 is 9.21 Å². The molecule has 1 aliphatic heterocycles. The molecule has 1 atom stereocenters. The molecule has 1 aromatic carbocycles. The molecule has 5 heteroatoms. The summed E-state index contributed by atoms with van der Waals surface area (Å²) in [4.78, 5) is 16.7. The molecule has 2 heterocycles. The zero-order chi connectivity index (χ0) is 14.8. The summed E-state index contributed by atoms with van der Waals surface area (Å²) < 4.78 is 5.49. The maximum absolute atomic E-state index is 12.4. The van der Waals surface area contributed by atoms with Gasteiger partial charge in [0.1, 0.15) is 11.0 Å². The smallest absolute Gasteiger partial charge is 0.238 e. The molecule has 0 spiro atoms. The lowest BCUT2D eigenvalue weighted by molar-refractivity contribution is -0.121. The molecule has 1 N–H and O–H groups in total. The number of nitrogens with zero attached hydrogens (tertiary/aromatic N) is 1. The zero-order valence-corrected chi connectivity index (χ0v) is 13.0. The first kappa shape index (κ1) is 14.2. The van der Waals surface area contributed by atoms with Crippen molar-refractivity contribution in [3.63, 3.8) is 0 Å². The third-order valence-corrected chi connectivity index (χ3v) is 4.96. The van der Waals surface area contributed by atoms with Crippen LogP contribution < -0.4 is 5.32 Å². The second-order valence-electron chi connectivity index (χ2n) is 5.17. The molecule has 0 radical (unpaired) electrons. The van der Waals surface area contributed by atoms with E-state index in [2.05, 4.69) is 16.4 Å². The van der Waals surface area contributed by atoms with Gasteiger partial charge >= 0.3 is 0 Å². The van der Waals surface area contributed by atoms with Gasteiger partial charge in [0.15, 0.2) is 0 Å². The van der Waals surface area contributed by atoms with Gasteiger partial charge < -0.3 is 9.73 Å². The van der Waals surface area contributed by atoms with E-state index in [9.17, 15) is 4.79 Å². The van der Waals surface area contributed by atoms with E-state index >= 15 is 0 Å². The van der Waals surface area contributed by atoms with Crippen LogP contribution in [0, 0.1) is 13.8 Å². The van der Waals surface area contributed by atoms with Crippen molar-refractivity contribution in [2.45, 2.75) is 32.1 Å². The molecule has 1 amide bonds. The summed E-state index contributed by atoms with van der Waals surface area (Å²) >= 11 is 1.69. The minimum Gasteiger partial charge on any atom is -0.444 e. The number of fused-ring (bicyclic) bond motifs is 1. The van der Waals surface area contributed by atoms with E-state index in [1.165, 1.54) is 5.56 Å². The summed E-state index contributed by atoms with van der Waals surface area (Å²) in [5.41, 5.74) is 3.28. The SMILES string of the molecule is Cc1nc(CNC(=O)[C@H]2SCCc3ccccc32)oc1C. The number of carbonyl (C=O) groups is 1. The Morgan fingerprint density at radius 1 is 1.43 bits per heavy atom. The van der Waals surface area contributed by atoms with Gasteiger partial charge in [0.25, 0.3) is 0 Å². The fourth-order valence-electron chi connectivity index (χ4n) is 2.48. The Labute approximate surface area is 128 Å². The van der Waals surface area contributed by atoms with Crippen molar-refractivity contribution in [2.75, 3.05) is 5.75 Å². The van der Waals surface area contributed by atoms with Crippen LogP contribution in [0.2, 0.25) is 0 Å². The summed E-state index contributed by atoms with van der Waals surface area (Å²) in [5.74, 6) is 2.37. The highest BCUT2D eigenvalue weighted by Crippen LogP contribution is 2.36. The zero-order valence-electron chi connectivity index (χ0n) is 12.2. The highest BCUT2D eigenvalue weighted by atomic mass is 32.2. The number of hydrogen-bond acceptors (Lipinski definition) is 4. The molecular formula is C16H18N2O2S. The Bertz CT molecular complexity index is 647. The Morgan fingerprint density at radius 3 is 3.00 bits per heavy atom. The maximum Gasteiger partial charge on any atom is 0.238 e.